The molecule has 22 heavy (non-hydrogen) atoms. The quantitative estimate of drug-likeness (QED) is 0.758. The summed E-state index contributed by atoms with van der Waals surface area (Å²) in [7, 11) is 0. The summed E-state index contributed by atoms with van der Waals surface area (Å²) in [6.45, 7) is -1.57. The Labute approximate surface area is 124 Å². The highest BCUT2D eigenvalue weighted by Crippen LogP contribution is 2.22. The number of halogens is 3. The lowest BCUT2D eigenvalue weighted by Crippen LogP contribution is -2.40. The molecule has 0 aliphatic rings. The third-order valence-corrected chi connectivity index (χ3v) is 2.62. The van der Waals surface area contributed by atoms with E-state index in [9.17, 15) is 22.8 Å². The number of carboxylic acids is 1. The summed E-state index contributed by atoms with van der Waals surface area (Å²) in [5, 5.41) is 11.2. The second kappa shape index (κ2) is 8.06. The standard InChI is InChI=1S/C14H14F3NO4/c1-2-3-4-10(13(20)21)18-12(19)9-6-5-8(15)7-11(9)22-14(16)17/h2-3,5-7,10,14H,4H2,1H3,(H,18,19)(H,20,21)/b3-2+. The van der Waals surface area contributed by atoms with Gasteiger partial charge >= 0.3 is 12.6 Å². The molecule has 5 nitrogen and oxygen atoms in total. The van der Waals surface area contributed by atoms with Crippen molar-refractivity contribution < 1.29 is 32.6 Å². The summed E-state index contributed by atoms with van der Waals surface area (Å²) in [4.78, 5) is 23.0. The lowest BCUT2D eigenvalue weighted by atomic mass is 10.1. The molecule has 0 radical (unpaired) electrons. The van der Waals surface area contributed by atoms with Gasteiger partial charge in [-0.15, -0.1) is 0 Å². The number of hydrogen-bond donors (Lipinski definition) is 2. The molecule has 2 N–H and O–H groups in total. The van der Waals surface area contributed by atoms with Crippen LogP contribution in [0.15, 0.2) is 30.4 Å². The highest BCUT2D eigenvalue weighted by molar-refractivity contribution is 5.98. The predicted molar refractivity (Wildman–Crippen MR) is 71.4 cm³/mol. The molecule has 0 aromatic heterocycles. The number of nitrogens with one attached hydrogen (secondary N) is 1. The minimum Gasteiger partial charge on any atom is -0.480 e. The lowest BCUT2D eigenvalue weighted by molar-refractivity contribution is -0.139. The van der Waals surface area contributed by atoms with Gasteiger partial charge in [-0.3, -0.25) is 4.79 Å². The molecule has 0 aliphatic heterocycles. The average molecular weight is 317 g/mol. The molecule has 0 spiro atoms. The zero-order valence-electron chi connectivity index (χ0n) is 11.6. The van der Waals surface area contributed by atoms with E-state index in [2.05, 4.69) is 10.1 Å². The van der Waals surface area contributed by atoms with E-state index < -0.39 is 36.1 Å². The first-order valence-electron chi connectivity index (χ1n) is 6.24. The van der Waals surface area contributed by atoms with Crippen LogP contribution >= 0.6 is 0 Å². The molecule has 1 aromatic rings. The van der Waals surface area contributed by atoms with Gasteiger partial charge in [0.05, 0.1) is 5.56 Å². The largest absolute Gasteiger partial charge is 0.480 e. The summed E-state index contributed by atoms with van der Waals surface area (Å²) in [5.41, 5.74) is -0.381. The van der Waals surface area contributed by atoms with Crippen LogP contribution in [0.2, 0.25) is 0 Å². The van der Waals surface area contributed by atoms with Crippen LogP contribution in [-0.2, 0) is 4.79 Å². The second-order valence-corrected chi connectivity index (χ2v) is 4.19. The number of alkyl halides is 2. The molecule has 0 saturated heterocycles. The Bertz CT molecular complexity index is 575. The zero-order chi connectivity index (χ0) is 16.7. The number of amides is 1. The summed E-state index contributed by atoms with van der Waals surface area (Å²) in [6.07, 6.45) is 3.15. The first-order chi connectivity index (χ1) is 10.3. The molecular weight excluding hydrogens is 303 g/mol. The highest BCUT2D eigenvalue weighted by atomic mass is 19.3. The SMILES string of the molecule is C/C=C/CC(NC(=O)c1ccc(F)cc1OC(F)F)C(=O)O. The van der Waals surface area contributed by atoms with E-state index >= 15 is 0 Å². The number of ether oxygens (including phenoxy) is 1. The third-order valence-electron chi connectivity index (χ3n) is 2.62. The maximum Gasteiger partial charge on any atom is 0.387 e. The van der Waals surface area contributed by atoms with Crippen molar-refractivity contribution in [2.45, 2.75) is 26.0 Å². The van der Waals surface area contributed by atoms with Gasteiger partial charge in [0.2, 0.25) is 0 Å². The van der Waals surface area contributed by atoms with Crippen LogP contribution in [0.4, 0.5) is 13.2 Å². The summed E-state index contributed by atoms with van der Waals surface area (Å²) >= 11 is 0. The summed E-state index contributed by atoms with van der Waals surface area (Å²) < 4.78 is 41.7. The van der Waals surface area contributed by atoms with Crippen LogP contribution in [0.1, 0.15) is 23.7 Å². The summed E-state index contributed by atoms with van der Waals surface area (Å²) in [6, 6.07) is 1.21. The van der Waals surface area contributed by atoms with Crippen molar-refractivity contribution >= 4 is 11.9 Å². The van der Waals surface area contributed by atoms with Crippen molar-refractivity contribution in [3.05, 3.63) is 41.7 Å². The van der Waals surface area contributed by atoms with Gasteiger partial charge in [-0.2, -0.15) is 8.78 Å². The van der Waals surface area contributed by atoms with Crippen molar-refractivity contribution in [3.8, 4) is 5.75 Å². The van der Waals surface area contributed by atoms with E-state index in [1.807, 2.05) is 0 Å². The Hall–Kier alpha value is -2.51. The van der Waals surface area contributed by atoms with Gasteiger partial charge in [-0.1, -0.05) is 12.2 Å². The Morgan fingerprint density at radius 3 is 2.64 bits per heavy atom. The highest BCUT2D eigenvalue weighted by Gasteiger charge is 2.22. The molecular formula is C14H14F3NO4. The molecule has 0 bridgehead atoms. The van der Waals surface area contributed by atoms with Crippen molar-refractivity contribution in [1.82, 2.24) is 5.32 Å². The Balaban J connectivity index is 2.98. The van der Waals surface area contributed by atoms with Gasteiger partial charge in [0.25, 0.3) is 5.91 Å². The van der Waals surface area contributed by atoms with E-state index in [1.165, 1.54) is 6.08 Å². The molecule has 1 atom stereocenters. The minimum atomic E-state index is -3.24. The number of rotatable bonds is 7. The van der Waals surface area contributed by atoms with Crippen molar-refractivity contribution in [2.24, 2.45) is 0 Å². The number of aliphatic carboxylic acids is 1. The van der Waals surface area contributed by atoms with Gasteiger partial charge in [-0.25, -0.2) is 9.18 Å². The third kappa shape index (κ3) is 5.12. The Morgan fingerprint density at radius 1 is 1.41 bits per heavy atom. The summed E-state index contributed by atoms with van der Waals surface area (Å²) in [5.74, 6) is -3.77. The van der Waals surface area contributed by atoms with Crippen LogP contribution in [0.3, 0.4) is 0 Å². The van der Waals surface area contributed by atoms with E-state index in [4.69, 9.17) is 5.11 Å². The van der Waals surface area contributed by atoms with Crippen LogP contribution < -0.4 is 10.1 Å². The van der Waals surface area contributed by atoms with Crippen LogP contribution in [0.25, 0.3) is 0 Å². The van der Waals surface area contributed by atoms with Gasteiger partial charge in [0.15, 0.2) is 0 Å². The monoisotopic (exact) mass is 317 g/mol. The van der Waals surface area contributed by atoms with Crippen molar-refractivity contribution in [3.63, 3.8) is 0 Å². The van der Waals surface area contributed by atoms with E-state index in [-0.39, 0.29) is 12.0 Å². The molecule has 0 aliphatic carbocycles. The Morgan fingerprint density at radius 2 is 2.09 bits per heavy atom. The smallest absolute Gasteiger partial charge is 0.387 e. The predicted octanol–water partition coefficient (Wildman–Crippen LogP) is 2.58. The molecule has 1 aromatic carbocycles. The number of carbonyl (C=O) groups excluding carboxylic acids is 1. The van der Waals surface area contributed by atoms with E-state index in [1.54, 1.807) is 13.0 Å². The maximum absolute atomic E-state index is 13.1. The first-order valence-corrected chi connectivity index (χ1v) is 6.24. The zero-order valence-corrected chi connectivity index (χ0v) is 11.6. The fourth-order valence-corrected chi connectivity index (χ4v) is 1.61. The molecule has 1 amide bonds. The first kappa shape index (κ1) is 17.5. The number of benzene rings is 1. The molecule has 1 rings (SSSR count). The fourth-order valence-electron chi connectivity index (χ4n) is 1.61. The number of carboxylic acid groups (broad SMARTS) is 1. The molecule has 120 valence electrons. The number of allylic oxidation sites excluding steroid dienone is 1. The molecule has 1 unspecified atom stereocenters. The van der Waals surface area contributed by atoms with Gasteiger partial charge in [-0.05, 0) is 25.5 Å². The molecule has 0 heterocycles. The second-order valence-electron chi connectivity index (χ2n) is 4.19. The molecule has 0 fully saturated rings. The fraction of sp³-hybridized carbons (Fsp3) is 0.286. The average Bonchev–Trinajstić information content (AvgIpc) is 2.42. The number of carbonyl (C=O) groups is 2. The lowest BCUT2D eigenvalue weighted by Gasteiger charge is -2.15. The van der Waals surface area contributed by atoms with Crippen LogP contribution in [0, 0.1) is 5.82 Å². The van der Waals surface area contributed by atoms with Gasteiger partial charge in [0.1, 0.15) is 17.6 Å². The minimum absolute atomic E-state index is 0.0177. The topological polar surface area (TPSA) is 75.6 Å². The van der Waals surface area contributed by atoms with E-state index in [0.29, 0.717) is 6.07 Å². The normalized spacial score (nSPS) is 12.4. The molecule has 0 saturated carbocycles. The maximum atomic E-state index is 13.1. The molecule has 8 heteroatoms. The van der Waals surface area contributed by atoms with Gasteiger partial charge in [0, 0.05) is 6.07 Å². The Kier molecular flexibility index (Phi) is 6.43. The van der Waals surface area contributed by atoms with Crippen LogP contribution in [-0.4, -0.2) is 29.6 Å². The number of hydrogen-bond acceptors (Lipinski definition) is 3. The van der Waals surface area contributed by atoms with Crippen molar-refractivity contribution in [2.75, 3.05) is 0 Å². The van der Waals surface area contributed by atoms with E-state index in [0.717, 1.165) is 12.1 Å². The van der Waals surface area contributed by atoms with Gasteiger partial charge < -0.3 is 15.2 Å². The van der Waals surface area contributed by atoms with Crippen molar-refractivity contribution in [1.29, 1.82) is 0 Å². The van der Waals surface area contributed by atoms with Crippen LogP contribution in [0.5, 0.6) is 5.75 Å².